The number of benzene rings is 3. The average Bonchev–Trinajstić information content (AvgIpc) is 2.98. The standard InChI is InChI=1S/C32H30F5N3O5.Na/c1-18(15-27(41)42)38-25(20-9-5-4-6-10-20)17-40-30(43)28(21-11-7-14-26(45-3)29(21)34)19(2)39(31(40)44)16-22-23(32(35,36)37)12-8-13-24(22)33;/h4-14,18,25,38H,15-17H2,1-3H3,(H,41,42);/q;+1/p-1. The van der Waals surface area contributed by atoms with Gasteiger partial charge in [0.05, 0.1) is 37.4 Å². The molecular weight excluding hydrogens is 624 g/mol. The van der Waals surface area contributed by atoms with Crippen LogP contribution in [0.15, 0.2) is 76.3 Å². The third-order valence-corrected chi connectivity index (χ3v) is 7.41. The zero-order valence-electron chi connectivity index (χ0n) is 25.5. The Bertz CT molecular complexity index is 1830. The maximum absolute atomic E-state index is 15.6. The number of nitrogens with zero attached hydrogens (tertiary/aromatic N) is 2. The first kappa shape index (κ1) is 36.7. The molecule has 3 aromatic carbocycles. The van der Waals surface area contributed by atoms with Gasteiger partial charge in [-0.1, -0.05) is 48.5 Å². The van der Waals surface area contributed by atoms with Gasteiger partial charge >= 0.3 is 41.4 Å². The first-order chi connectivity index (χ1) is 21.2. The van der Waals surface area contributed by atoms with Crippen LogP contribution in [0.5, 0.6) is 5.75 Å². The quantitative estimate of drug-likeness (QED) is 0.193. The predicted octanol–water partition coefficient (Wildman–Crippen LogP) is 1.20. The fourth-order valence-corrected chi connectivity index (χ4v) is 5.24. The summed E-state index contributed by atoms with van der Waals surface area (Å²) in [6.07, 6.45) is -5.38. The van der Waals surface area contributed by atoms with Gasteiger partial charge in [-0.15, -0.1) is 0 Å². The van der Waals surface area contributed by atoms with Crippen molar-refractivity contribution in [3.05, 3.63) is 122 Å². The average molecular weight is 654 g/mol. The number of carbonyl (C=O) groups is 1. The third-order valence-electron chi connectivity index (χ3n) is 7.41. The molecule has 1 N–H and O–H groups in total. The summed E-state index contributed by atoms with van der Waals surface area (Å²) < 4.78 is 78.8. The van der Waals surface area contributed by atoms with E-state index in [1.165, 1.54) is 32.2 Å². The molecule has 1 heterocycles. The van der Waals surface area contributed by atoms with Crippen LogP contribution in [-0.2, 0) is 24.1 Å². The molecule has 4 rings (SSSR count). The first-order valence-corrected chi connectivity index (χ1v) is 13.8. The summed E-state index contributed by atoms with van der Waals surface area (Å²) in [4.78, 5) is 39.3. The summed E-state index contributed by atoms with van der Waals surface area (Å²) in [5.41, 5.74) is -4.54. The Labute approximate surface area is 282 Å². The molecule has 14 heteroatoms. The van der Waals surface area contributed by atoms with Gasteiger partial charge in [-0.3, -0.25) is 13.9 Å². The summed E-state index contributed by atoms with van der Waals surface area (Å²) in [6.45, 7) is 1.43. The van der Waals surface area contributed by atoms with Crippen molar-refractivity contribution in [2.75, 3.05) is 7.11 Å². The Morgan fingerprint density at radius 3 is 2.24 bits per heavy atom. The van der Waals surface area contributed by atoms with Gasteiger partial charge in [0.25, 0.3) is 5.56 Å². The largest absolute Gasteiger partial charge is 1.00 e. The number of carboxylic acids is 1. The van der Waals surface area contributed by atoms with E-state index in [0.717, 1.165) is 16.7 Å². The second-order valence-corrected chi connectivity index (χ2v) is 10.4. The minimum absolute atomic E-state index is 0. The van der Waals surface area contributed by atoms with Crippen LogP contribution in [0, 0.1) is 18.6 Å². The Morgan fingerprint density at radius 2 is 1.63 bits per heavy atom. The van der Waals surface area contributed by atoms with Crippen molar-refractivity contribution in [3.8, 4) is 16.9 Å². The molecule has 8 nitrogen and oxygen atoms in total. The maximum Gasteiger partial charge on any atom is 1.00 e. The van der Waals surface area contributed by atoms with Crippen molar-refractivity contribution < 1.29 is 66.1 Å². The van der Waals surface area contributed by atoms with E-state index < -0.39 is 77.7 Å². The number of ether oxygens (including phenoxy) is 1. The molecule has 46 heavy (non-hydrogen) atoms. The van der Waals surface area contributed by atoms with Crippen LogP contribution in [-0.4, -0.2) is 28.3 Å². The first-order valence-electron chi connectivity index (χ1n) is 13.8. The van der Waals surface area contributed by atoms with Gasteiger partial charge in [-0.25, -0.2) is 13.6 Å². The number of hydrogen-bond donors (Lipinski definition) is 1. The van der Waals surface area contributed by atoms with Crippen LogP contribution in [0.1, 0.15) is 41.8 Å². The summed E-state index contributed by atoms with van der Waals surface area (Å²) in [5, 5.41) is 14.3. The number of halogens is 5. The molecule has 0 aliphatic carbocycles. The van der Waals surface area contributed by atoms with Gasteiger partial charge in [0.1, 0.15) is 5.82 Å². The van der Waals surface area contributed by atoms with Crippen LogP contribution in [0.4, 0.5) is 22.0 Å². The Balaban J connectivity index is 0.00000576. The SMILES string of the molecule is COc1cccc(-c2c(C)n(Cc3c(F)cccc3C(F)(F)F)c(=O)n(CC(NC(C)CC(=O)[O-])c3ccccc3)c2=O)c1F.[Na+]. The van der Waals surface area contributed by atoms with Crippen molar-refractivity contribution in [1.82, 2.24) is 14.5 Å². The number of aromatic nitrogens is 2. The molecule has 0 aliphatic heterocycles. The monoisotopic (exact) mass is 653 g/mol. The smallest absolute Gasteiger partial charge is 0.550 e. The molecular formula is C32H29F5N3NaO5. The van der Waals surface area contributed by atoms with E-state index in [1.807, 2.05) is 0 Å². The van der Waals surface area contributed by atoms with E-state index >= 15 is 4.39 Å². The van der Waals surface area contributed by atoms with E-state index in [0.29, 0.717) is 16.2 Å². The zero-order valence-corrected chi connectivity index (χ0v) is 27.5. The number of nitrogens with one attached hydrogen (secondary N) is 1. The Kier molecular flexibility index (Phi) is 12.1. The number of aliphatic carboxylic acids is 1. The van der Waals surface area contributed by atoms with Gasteiger partial charge in [0.15, 0.2) is 11.6 Å². The van der Waals surface area contributed by atoms with Crippen molar-refractivity contribution in [3.63, 3.8) is 0 Å². The summed E-state index contributed by atoms with van der Waals surface area (Å²) in [6, 6.07) is 13.1. The number of hydrogen-bond acceptors (Lipinski definition) is 6. The number of rotatable bonds is 11. The molecule has 0 saturated heterocycles. The van der Waals surface area contributed by atoms with Crippen LogP contribution >= 0.6 is 0 Å². The van der Waals surface area contributed by atoms with Crippen LogP contribution in [0.3, 0.4) is 0 Å². The molecule has 2 atom stereocenters. The molecule has 1 aromatic heterocycles. The van der Waals surface area contributed by atoms with Gasteiger partial charge in [-0.2, -0.15) is 13.2 Å². The second-order valence-electron chi connectivity index (χ2n) is 10.4. The maximum atomic E-state index is 15.6. The molecule has 4 aromatic rings. The molecule has 0 radical (unpaired) electrons. The van der Waals surface area contributed by atoms with Crippen LogP contribution < -0.4 is 56.0 Å². The summed E-state index contributed by atoms with van der Waals surface area (Å²) in [7, 11) is 1.20. The van der Waals surface area contributed by atoms with E-state index in [1.54, 1.807) is 37.3 Å². The number of carboxylic acid groups (broad SMARTS) is 1. The van der Waals surface area contributed by atoms with Gasteiger partial charge in [-0.05, 0) is 37.6 Å². The summed E-state index contributed by atoms with van der Waals surface area (Å²) in [5.74, 6) is -3.77. The molecule has 0 aliphatic rings. The second kappa shape index (κ2) is 15.2. The fraction of sp³-hybridized carbons (Fsp3) is 0.281. The number of methoxy groups -OCH3 is 1. The van der Waals surface area contributed by atoms with Gasteiger partial charge < -0.3 is 20.0 Å². The molecule has 238 valence electrons. The minimum atomic E-state index is -4.97. The molecule has 0 spiro atoms. The van der Waals surface area contributed by atoms with Gasteiger partial charge in [0, 0.05) is 35.3 Å². The van der Waals surface area contributed by atoms with Gasteiger partial charge in [0.2, 0.25) is 0 Å². The van der Waals surface area contributed by atoms with Crippen molar-refractivity contribution >= 4 is 5.97 Å². The van der Waals surface area contributed by atoms with E-state index in [2.05, 4.69) is 5.32 Å². The van der Waals surface area contributed by atoms with Crippen molar-refractivity contribution in [2.45, 2.75) is 51.6 Å². The molecule has 0 bridgehead atoms. The zero-order chi connectivity index (χ0) is 33.1. The number of carbonyl (C=O) groups excluding carboxylic acids is 1. The molecule has 2 unspecified atom stereocenters. The predicted molar refractivity (Wildman–Crippen MR) is 154 cm³/mol. The minimum Gasteiger partial charge on any atom is -0.550 e. The molecule has 0 fully saturated rings. The van der Waals surface area contributed by atoms with Crippen LogP contribution in [0.25, 0.3) is 11.1 Å². The van der Waals surface area contributed by atoms with E-state index in [9.17, 15) is 37.1 Å². The molecule has 0 saturated carbocycles. The van der Waals surface area contributed by atoms with Crippen molar-refractivity contribution in [2.24, 2.45) is 0 Å². The Hall–Kier alpha value is -3.78. The Morgan fingerprint density at radius 1 is 0.978 bits per heavy atom. The van der Waals surface area contributed by atoms with Crippen molar-refractivity contribution in [1.29, 1.82) is 0 Å². The third kappa shape index (κ3) is 7.95. The topological polar surface area (TPSA) is 105 Å². The molecule has 0 amide bonds. The number of alkyl halides is 3. The van der Waals surface area contributed by atoms with E-state index in [4.69, 9.17) is 4.74 Å². The fourth-order valence-electron chi connectivity index (χ4n) is 5.24. The normalized spacial score (nSPS) is 12.7. The van der Waals surface area contributed by atoms with E-state index in [-0.39, 0.29) is 52.1 Å². The van der Waals surface area contributed by atoms with Crippen LogP contribution in [0.2, 0.25) is 0 Å². The summed E-state index contributed by atoms with van der Waals surface area (Å²) >= 11 is 0.